The van der Waals surface area contributed by atoms with Crippen LogP contribution >= 0.6 is 23.2 Å². The predicted octanol–water partition coefficient (Wildman–Crippen LogP) is 2.16. The van der Waals surface area contributed by atoms with Gasteiger partial charge in [-0.25, -0.2) is 4.98 Å². The van der Waals surface area contributed by atoms with Crippen LogP contribution in [0.4, 0.5) is 0 Å². The molecule has 2 N–H and O–H groups in total. The molecule has 9 heteroatoms. The molecule has 0 unspecified atom stereocenters. The van der Waals surface area contributed by atoms with Gasteiger partial charge in [-0.1, -0.05) is 23.2 Å². The molecule has 0 aliphatic heterocycles. The molecule has 0 atom stereocenters. The molecule has 112 valence electrons. The number of amides is 1. The maximum Gasteiger partial charge on any atom is 0.317 e. The second-order valence-electron chi connectivity index (χ2n) is 4.35. The molecule has 3 aromatic rings. The zero-order valence-corrected chi connectivity index (χ0v) is 12.7. The van der Waals surface area contributed by atoms with Crippen LogP contribution in [0.2, 0.25) is 10.0 Å². The van der Waals surface area contributed by atoms with Gasteiger partial charge in [-0.15, -0.1) is 5.10 Å². The fourth-order valence-electron chi connectivity index (χ4n) is 1.92. The average molecular weight is 338 g/mol. The fraction of sp³-hybridized carbons (Fsp3) is 0.0769. The van der Waals surface area contributed by atoms with Crippen LogP contribution in [0.15, 0.2) is 24.3 Å². The molecule has 1 amide bonds. The van der Waals surface area contributed by atoms with Gasteiger partial charge < -0.3 is 10.4 Å². The number of aromatic hydroxyl groups is 1. The summed E-state index contributed by atoms with van der Waals surface area (Å²) in [6.45, 7) is 0. The quantitative estimate of drug-likeness (QED) is 0.747. The van der Waals surface area contributed by atoms with Crippen LogP contribution in [-0.2, 0) is 0 Å². The van der Waals surface area contributed by atoms with E-state index in [1.165, 1.54) is 7.05 Å². The van der Waals surface area contributed by atoms with Gasteiger partial charge in [-0.05, 0) is 18.2 Å². The van der Waals surface area contributed by atoms with Gasteiger partial charge >= 0.3 is 6.01 Å². The highest BCUT2D eigenvalue weighted by Gasteiger charge is 2.16. The lowest BCUT2D eigenvalue weighted by molar-refractivity contribution is 0.0953. The summed E-state index contributed by atoms with van der Waals surface area (Å²) in [7, 11) is 1.46. The largest absolute Gasteiger partial charge is 0.479 e. The Morgan fingerprint density at radius 2 is 2.05 bits per heavy atom. The summed E-state index contributed by atoms with van der Waals surface area (Å²) in [4.78, 5) is 19.6. The predicted molar refractivity (Wildman–Crippen MR) is 81.3 cm³/mol. The smallest absolute Gasteiger partial charge is 0.317 e. The van der Waals surface area contributed by atoms with Gasteiger partial charge in [0.15, 0.2) is 5.65 Å². The minimum atomic E-state index is -0.464. The number of rotatable bonds is 2. The van der Waals surface area contributed by atoms with E-state index in [2.05, 4.69) is 20.4 Å². The normalized spacial score (nSPS) is 10.9. The SMILES string of the molecule is CNC(=O)c1nc2cc(-c3ccc(Cl)cc3Cl)nc(O)n2n1. The third-order valence-corrected chi connectivity index (χ3v) is 3.49. The average Bonchev–Trinajstić information content (AvgIpc) is 2.91. The van der Waals surface area contributed by atoms with Crippen LogP contribution in [0.5, 0.6) is 6.01 Å². The number of halogens is 2. The topological polar surface area (TPSA) is 92.4 Å². The van der Waals surface area contributed by atoms with Crippen molar-refractivity contribution in [1.82, 2.24) is 24.9 Å². The molecule has 7 nitrogen and oxygen atoms in total. The highest BCUT2D eigenvalue weighted by molar-refractivity contribution is 6.36. The number of carbonyl (C=O) groups is 1. The Morgan fingerprint density at radius 1 is 1.27 bits per heavy atom. The Bertz CT molecular complexity index is 894. The second-order valence-corrected chi connectivity index (χ2v) is 5.19. The van der Waals surface area contributed by atoms with Crippen LogP contribution in [0.25, 0.3) is 16.9 Å². The van der Waals surface area contributed by atoms with Crippen molar-refractivity contribution in [3.63, 3.8) is 0 Å². The van der Waals surface area contributed by atoms with E-state index in [-0.39, 0.29) is 11.5 Å². The van der Waals surface area contributed by atoms with Gasteiger partial charge in [0.05, 0.1) is 10.7 Å². The molecule has 0 fully saturated rings. The Morgan fingerprint density at radius 3 is 2.73 bits per heavy atom. The van der Waals surface area contributed by atoms with Gasteiger partial charge in [0.1, 0.15) is 0 Å². The van der Waals surface area contributed by atoms with Crippen LogP contribution in [-0.4, -0.2) is 37.6 Å². The first-order valence-corrected chi connectivity index (χ1v) is 6.89. The highest BCUT2D eigenvalue weighted by atomic mass is 35.5. The Kier molecular flexibility index (Phi) is 3.59. The van der Waals surface area contributed by atoms with Gasteiger partial charge in [0.2, 0.25) is 5.82 Å². The molecule has 2 heterocycles. The van der Waals surface area contributed by atoms with Crippen molar-refractivity contribution < 1.29 is 9.90 Å². The highest BCUT2D eigenvalue weighted by Crippen LogP contribution is 2.30. The van der Waals surface area contributed by atoms with Crippen LogP contribution in [0.3, 0.4) is 0 Å². The molecular weight excluding hydrogens is 329 g/mol. The van der Waals surface area contributed by atoms with Gasteiger partial charge in [0, 0.05) is 23.7 Å². The third kappa shape index (κ3) is 2.44. The zero-order valence-electron chi connectivity index (χ0n) is 11.2. The maximum atomic E-state index is 11.6. The summed E-state index contributed by atoms with van der Waals surface area (Å²) >= 11 is 12.0. The van der Waals surface area contributed by atoms with Crippen molar-refractivity contribution in [3.8, 4) is 17.3 Å². The minimum Gasteiger partial charge on any atom is -0.479 e. The van der Waals surface area contributed by atoms with Crippen molar-refractivity contribution in [2.24, 2.45) is 0 Å². The number of hydrogen-bond donors (Lipinski definition) is 2. The summed E-state index contributed by atoms with van der Waals surface area (Å²) in [6, 6.07) is 6.07. The van der Waals surface area contributed by atoms with Gasteiger partial charge in [0.25, 0.3) is 5.91 Å². The number of hydrogen-bond acceptors (Lipinski definition) is 5. The van der Waals surface area contributed by atoms with Crippen LogP contribution in [0, 0.1) is 0 Å². The summed E-state index contributed by atoms with van der Waals surface area (Å²) in [6.07, 6.45) is 0. The lowest BCUT2D eigenvalue weighted by Crippen LogP contribution is -2.19. The third-order valence-electron chi connectivity index (χ3n) is 2.95. The van der Waals surface area contributed by atoms with E-state index in [9.17, 15) is 9.90 Å². The molecule has 0 aliphatic carbocycles. The molecule has 3 rings (SSSR count). The van der Waals surface area contributed by atoms with Crippen LogP contribution < -0.4 is 5.32 Å². The first-order chi connectivity index (χ1) is 10.5. The van der Waals surface area contributed by atoms with Gasteiger partial charge in [-0.3, -0.25) is 4.79 Å². The zero-order chi connectivity index (χ0) is 15.9. The lowest BCUT2D eigenvalue weighted by atomic mass is 10.1. The maximum absolute atomic E-state index is 11.6. The Labute approximate surface area is 134 Å². The van der Waals surface area contributed by atoms with Crippen molar-refractivity contribution >= 4 is 34.8 Å². The number of benzene rings is 1. The van der Waals surface area contributed by atoms with E-state index >= 15 is 0 Å². The molecular formula is C13H9Cl2N5O2. The first-order valence-electron chi connectivity index (χ1n) is 6.14. The number of aromatic nitrogens is 4. The van der Waals surface area contributed by atoms with E-state index in [1.807, 2.05) is 0 Å². The van der Waals surface area contributed by atoms with E-state index in [1.54, 1.807) is 24.3 Å². The number of nitrogens with one attached hydrogen (secondary N) is 1. The van der Waals surface area contributed by atoms with Crippen molar-refractivity contribution in [2.75, 3.05) is 7.05 Å². The summed E-state index contributed by atoms with van der Waals surface area (Å²) in [5, 5.41) is 17.1. The summed E-state index contributed by atoms with van der Waals surface area (Å²) < 4.78 is 1.07. The lowest BCUT2D eigenvalue weighted by Gasteiger charge is -2.05. The second kappa shape index (κ2) is 5.43. The standard InChI is InChI=1S/C13H9Cl2N5O2/c1-16-12(21)11-18-10-5-9(17-13(22)20(10)19-11)7-3-2-6(14)4-8(7)15/h2-5H,1H3,(H,16,21)(H,17,22). The molecule has 2 aromatic heterocycles. The summed E-state index contributed by atoms with van der Waals surface area (Å²) in [5.41, 5.74) is 1.24. The number of carbonyl (C=O) groups excluding carboxylic acids is 1. The molecule has 0 saturated carbocycles. The fourth-order valence-corrected chi connectivity index (χ4v) is 2.42. The Hall–Kier alpha value is -2.38. The molecule has 22 heavy (non-hydrogen) atoms. The number of fused-ring (bicyclic) bond motifs is 1. The molecule has 0 aliphatic rings. The molecule has 0 radical (unpaired) electrons. The van der Waals surface area contributed by atoms with Crippen LogP contribution in [0.1, 0.15) is 10.6 Å². The molecule has 0 saturated heterocycles. The van der Waals surface area contributed by atoms with E-state index in [0.717, 1.165) is 4.52 Å². The summed E-state index contributed by atoms with van der Waals surface area (Å²) in [5.74, 6) is -0.534. The monoisotopic (exact) mass is 337 g/mol. The van der Waals surface area contributed by atoms with Crippen molar-refractivity contribution in [1.29, 1.82) is 0 Å². The van der Waals surface area contributed by atoms with E-state index in [4.69, 9.17) is 23.2 Å². The Balaban J connectivity index is 2.18. The first kappa shape index (κ1) is 14.6. The van der Waals surface area contributed by atoms with E-state index < -0.39 is 11.9 Å². The molecule has 0 spiro atoms. The molecule has 1 aromatic carbocycles. The van der Waals surface area contributed by atoms with Crippen molar-refractivity contribution in [2.45, 2.75) is 0 Å². The van der Waals surface area contributed by atoms with E-state index in [0.29, 0.717) is 21.3 Å². The van der Waals surface area contributed by atoms with Gasteiger partial charge in [-0.2, -0.15) is 9.50 Å². The minimum absolute atomic E-state index is 0.0704. The molecule has 0 bridgehead atoms. The van der Waals surface area contributed by atoms with Crippen molar-refractivity contribution in [3.05, 3.63) is 40.1 Å². The number of nitrogens with zero attached hydrogens (tertiary/aromatic N) is 4.